The first-order valence-electron chi connectivity index (χ1n) is 5.66. The van der Waals surface area contributed by atoms with Crippen molar-refractivity contribution in [2.75, 3.05) is 0 Å². The molecule has 1 nitrogen and oxygen atoms in total. The Morgan fingerprint density at radius 1 is 1.11 bits per heavy atom. The monoisotopic (exact) mass is 448 g/mol. The molecule has 0 amide bonds. The van der Waals surface area contributed by atoms with Gasteiger partial charge in [-0.3, -0.25) is 4.79 Å². The third-order valence-electron chi connectivity index (χ3n) is 2.92. The van der Waals surface area contributed by atoms with E-state index >= 15 is 0 Å². The molecule has 0 radical (unpaired) electrons. The van der Waals surface area contributed by atoms with Gasteiger partial charge < -0.3 is 0 Å². The first-order chi connectivity index (χ1) is 8.90. The minimum Gasteiger partial charge on any atom is -0.289 e. The highest BCUT2D eigenvalue weighted by molar-refractivity contribution is 14.1. The van der Waals surface area contributed by atoms with Crippen LogP contribution in [0.25, 0.3) is 0 Å². The number of halogens is 3. The summed E-state index contributed by atoms with van der Waals surface area (Å²) in [5.41, 5.74) is 3.19. The van der Waals surface area contributed by atoms with Gasteiger partial charge in [0.15, 0.2) is 5.78 Å². The molecule has 0 unspecified atom stereocenters. The first kappa shape index (κ1) is 15.0. The zero-order chi connectivity index (χ0) is 14.2. The molecule has 19 heavy (non-hydrogen) atoms. The van der Waals surface area contributed by atoms with Crippen molar-refractivity contribution >= 4 is 55.9 Å². The molecule has 4 heteroatoms. The minimum atomic E-state index is 0.0163. The molecule has 0 saturated carbocycles. The summed E-state index contributed by atoms with van der Waals surface area (Å²) >= 11 is 11.7. The van der Waals surface area contributed by atoms with Crippen LogP contribution in [-0.4, -0.2) is 5.78 Å². The second-order valence-corrected chi connectivity index (χ2v) is 6.88. The molecule has 0 aliphatic rings. The van der Waals surface area contributed by atoms with Crippen LogP contribution in [0.5, 0.6) is 0 Å². The molecule has 0 spiro atoms. The Balaban J connectivity index is 2.56. The summed E-state index contributed by atoms with van der Waals surface area (Å²) in [6.45, 7) is 3.81. The maximum atomic E-state index is 12.6. The van der Waals surface area contributed by atoms with E-state index in [1.807, 2.05) is 44.2 Å². The summed E-state index contributed by atoms with van der Waals surface area (Å²) < 4.78 is 1.84. The third kappa shape index (κ3) is 3.20. The van der Waals surface area contributed by atoms with Gasteiger partial charge in [-0.1, -0.05) is 27.5 Å². The van der Waals surface area contributed by atoms with Gasteiger partial charge in [0, 0.05) is 24.2 Å². The molecule has 0 heterocycles. The fourth-order valence-electron chi connectivity index (χ4n) is 1.84. The Bertz CT molecular complexity index is 667. The minimum absolute atomic E-state index is 0.0163. The standard InChI is InChI=1S/C15H11BrClIO/c1-8-6-14(17)9(2)5-11(8)15(19)12-7-10(18)3-4-13(12)16/h3-7H,1-2H3. The second-order valence-electron chi connectivity index (χ2n) is 4.37. The van der Waals surface area contributed by atoms with Gasteiger partial charge in [0.05, 0.1) is 0 Å². The van der Waals surface area contributed by atoms with E-state index in [1.165, 1.54) is 0 Å². The number of hydrogen-bond donors (Lipinski definition) is 0. The van der Waals surface area contributed by atoms with Crippen LogP contribution >= 0.6 is 50.1 Å². The Kier molecular flexibility index (Phi) is 4.69. The van der Waals surface area contributed by atoms with Gasteiger partial charge in [-0.2, -0.15) is 0 Å². The SMILES string of the molecule is Cc1cc(C(=O)c2cc(I)ccc2Br)c(C)cc1Cl. The smallest absolute Gasteiger partial charge is 0.194 e. The van der Waals surface area contributed by atoms with Crippen molar-refractivity contribution in [2.45, 2.75) is 13.8 Å². The largest absolute Gasteiger partial charge is 0.289 e. The van der Waals surface area contributed by atoms with E-state index in [0.717, 1.165) is 19.2 Å². The van der Waals surface area contributed by atoms with Gasteiger partial charge in [-0.05, 0) is 77.9 Å². The van der Waals surface area contributed by atoms with Crippen LogP contribution in [0.2, 0.25) is 5.02 Å². The maximum absolute atomic E-state index is 12.6. The van der Waals surface area contributed by atoms with Crippen molar-refractivity contribution in [3.05, 3.63) is 65.7 Å². The Hall–Kier alpha value is -0.390. The Labute approximate surface area is 139 Å². The van der Waals surface area contributed by atoms with Gasteiger partial charge in [0.25, 0.3) is 0 Å². The summed E-state index contributed by atoms with van der Waals surface area (Å²) in [5.74, 6) is 0.0163. The topological polar surface area (TPSA) is 17.1 Å². The molecule has 0 atom stereocenters. The second kappa shape index (κ2) is 5.94. The van der Waals surface area contributed by atoms with Gasteiger partial charge >= 0.3 is 0 Å². The highest BCUT2D eigenvalue weighted by Gasteiger charge is 2.16. The van der Waals surface area contributed by atoms with E-state index < -0.39 is 0 Å². The average molecular weight is 450 g/mol. The molecule has 98 valence electrons. The fourth-order valence-corrected chi connectivity index (χ4v) is 2.98. The first-order valence-corrected chi connectivity index (χ1v) is 7.91. The molecule has 0 fully saturated rings. The zero-order valence-corrected chi connectivity index (χ0v) is 14.9. The Morgan fingerprint density at radius 2 is 1.79 bits per heavy atom. The van der Waals surface area contributed by atoms with Crippen LogP contribution in [0.15, 0.2) is 34.8 Å². The lowest BCUT2D eigenvalue weighted by Gasteiger charge is -2.09. The lowest BCUT2D eigenvalue weighted by atomic mass is 9.97. The fraction of sp³-hybridized carbons (Fsp3) is 0.133. The molecule has 2 aromatic rings. The summed E-state index contributed by atoms with van der Waals surface area (Å²) in [7, 11) is 0. The normalized spacial score (nSPS) is 10.6. The molecule has 0 saturated heterocycles. The lowest BCUT2D eigenvalue weighted by Crippen LogP contribution is -2.05. The van der Waals surface area contributed by atoms with Gasteiger partial charge in [-0.25, -0.2) is 0 Å². The average Bonchev–Trinajstić information content (AvgIpc) is 2.36. The lowest BCUT2D eigenvalue weighted by molar-refractivity contribution is 0.103. The molecule has 2 aromatic carbocycles. The summed E-state index contributed by atoms with van der Waals surface area (Å²) in [5, 5.41) is 0.691. The number of aryl methyl sites for hydroxylation is 2. The molecule has 0 bridgehead atoms. The number of carbonyl (C=O) groups excluding carboxylic acids is 1. The van der Waals surface area contributed by atoms with Crippen LogP contribution < -0.4 is 0 Å². The molecular weight excluding hydrogens is 438 g/mol. The van der Waals surface area contributed by atoms with E-state index in [4.69, 9.17) is 11.6 Å². The van der Waals surface area contributed by atoms with Crippen molar-refractivity contribution in [1.82, 2.24) is 0 Å². The van der Waals surface area contributed by atoms with Gasteiger partial charge in [-0.15, -0.1) is 0 Å². The number of ketones is 1. The Morgan fingerprint density at radius 3 is 2.47 bits per heavy atom. The third-order valence-corrected chi connectivity index (χ3v) is 4.69. The van der Waals surface area contributed by atoms with Crippen molar-refractivity contribution in [3.8, 4) is 0 Å². The zero-order valence-electron chi connectivity index (χ0n) is 10.4. The predicted molar refractivity (Wildman–Crippen MR) is 91.2 cm³/mol. The molecule has 0 aliphatic carbocycles. The van der Waals surface area contributed by atoms with Crippen molar-refractivity contribution in [1.29, 1.82) is 0 Å². The summed E-state index contributed by atoms with van der Waals surface area (Å²) in [6, 6.07) is 9.43. The quantitative estimate of drug-likeness (QED) is 0.434. The molecule has 0 N–H and O–H groups in total. The van der Waals surface area contributed by atoms with Crippen LogP contribution in [0.4, 0.5) is 0 Å². The molecule has 0 aromatic heterocycles. The van der Waals surface area contributed by atoms with Crippen molar-refractivity contribution < 1.29 is 4.79 Å². The number of benzene rings is 2. The van der Waals surface area contributed by atoms with E-state index in [-0.39, 0.29) is 5.78 Å². The predicted octanol–water partition coefficient (Wildman–Crippen LogP) is 5.55. The summed E-state index contributed by atoms with van der Waals surface area (Å²) in [6.07, 6.45) is 0. The summed E-state index contributed by atoms with van der Waals surface area (Å²) in [4.78, 5) is 12.6. The van der Waals surface area contributed by atoms with Crippen LogP contribution in [0.1, 0.15) is 27.0 Å². The van der Waals surface area contributed by atoms with Gasteiger partial charge in [0.1, 0.15) is 0 Å². The van der Waals surface area contributed by atoms with Crippen LogP contribution in [0.3, 0.4) is 0 Å². The van der Waals surface area contributed by atoms with Crippen LogP contribution in [-0.2, 0) is 0 Å². The van der Waals surface area contributed by atoms with E-state index in [9.17, 15) is 4.79 Å². The highest BCUT2D eigenvalue weighted by Crippen LogP contribution is 2.26. The number of hydrogen-bond acceptors (Lipinski definition) is 1. The van der Waals surface area contributed by atoms with Crippen molar-refractivity contribution in [2.24, 2.45) is 0 Å². The molecule has 0 aliphatic heterocycles. The van der Waals surface area contributed by atoms with E-state index in [2.05, 4.69) is 38.5 Å². The highest BCUT2D eigenvalue weighted by atomic mass is 127. The van der Waals surface area contributed by atoms with Crippen LogP contribution in [0, 0.1) is 17.4 Å². The molecular formula is C15H11BrClIO. The number of rotatable bonds is 2. The van der Waals surface area contributed by atoms with Crippen molar-refractivity contribution in [3.63, 3.8) is 0 Å². The van der Waals surface area contributed by atoms with E-state index in [0.29, 0.717) is 16.1 Å². The van der Waals surface area contributed by atoms with Gasteiger partial charge in [0.2, 0.25) is 0 Å². The maximum Gasteiger partial charge on any atom is 0.194 e. The van der Waals surface area contributed by atoms with E-state index in [1.54, 1.807) is 0 Å². The molecule has 2 rings (SSSR count). The number of carbonyl (C=O) groups is 1.